The predicted octanol–water partition coefficient (Wildman–Crippen LogP) is 0.863. The summed E-state index contributed by atoms with van der Waals surface area (Å²) in [6.07, 6.45) is 1.00. The summed E-state index contributed by atoms with van der Waals surface area (Å²) in [6.45, 7) is 2.33. The number of carbonyl (C=O) groups is 2. The SMILES string of the molecule is CC1CC(C(=O)O)CCN1C(=O)c1csnn1. The number of hydrogen-bond donors (Lipinski definition) is 1. The number of likely N-dealkylation sites (tertiary alicyclic amines) is 1. The van der Waals surface area contributed by atoms with Gasteiger partial charge in [0.15, 0.2) is 5.69 Å². The zero-order chi connectivity index (χ0) is 12.4. The summed E-state index contributed by atoms with van der Waals surface area (Å²) in [4.78, 5) is 24.6. The maximum absolute atomic E-state index is 12.0. The van der Waals surface area contributed by atoms with Crippen molar-refractivity contribution in [3.05, 3.63) is 11.1 Å². The lowest BCUT2D eigenvalue weighted by molar-refractivity contribution is -0.143. The number of nitrogens with zero attached hydrogens (tertiary/aromatic N) is 3. The van der Waals surface area contributed by atoms with E-state index < -0.39 is 5.97 Å². The minimum absolute atomic E-state index is 0.0703. The molecule has 0 aliphatic carbocycles. The van der Waals surface area contributed by atoms with Crippen molar-refractivity contribution in [2.24, 2.45) is 5.92 Å². The molecule has 0 bridgehead atoms. The molecule has 1 aliphatic rings. The number of carboxylic acids is 1. The molecule has 6 nitrogen and oxygen atoms in total. The van der Waals surface area contributed by atoms with E-state index in [9.17, 15) is 9.59 Å². The number of rotatable bonds is 2. The van der Waals surface area contributed by atoms with Gasteiger partial charge in [-0.25, -0.2) is 0 Å². The van der Waals surface area contributed by atoms with Gasteiger partial charge in [0.25, 0.3) is 5.91 Å². The van der Waals surface area contributed by atoms with E-state index in [1.54, 1.807) is 10.3 Å². The molecule has 0 radical (unpaired) electrons. The van der Waals surface area contributed by atoms with Crippen LogP contribution in [0.1, 0.15) is 30.3 Å². The molecule has 1 aromatic rings. The quantitative estimate of drug-likeness (QED) is 0.847. The Bertz CT molecular complexity index is 420. The van der Waals surface area contributed by atoms with Crippen molar-refractivity contribution in [2.45, 2.75) is 25.8 Å². The summed E-state index contributed by atoms with van der Waals surface area (Å²) in [5.74, 6) is -1.28. The van der Waals surface area contributed by atoms with Crippen molar-refractivity contribution in [3.63, 3.8) is 0 Å². The highest BCUT2D eigenvalue weighted by molar-refractivity contribution is 7.03. The molecule has 0 saturated carbocycles. The molecule has 2 heterocycles. The number of carboxylic acid groups (broad SMARTS) is 1. The first-order valence-corrected chi connectivity index (χ1v) is 6.24. The average molecular weight is 255 g/mol. The van der Waals surface area contributed by atoms with Gasteiger partial charge in [-0.1, -0.05) is 4.49 Å². The fourth-order valence-corrected chi connectivity index (χ4v) is 2.53. The third-order valence-electron chi connectivity index (χ3n) is 3.07. The molecule has 2 unspecified atom stereocenters. The largest absolute Gasteiger partial charge is 0.481 e. The van der Waals surface area contributed by atoms with Gasteiger partial charge in [0, 0.05) is 18.0 Å². The number of carbonyl (C=O) groups excluding carboxylic acids is 1. The van der Waals surface area contributed by atoms with E-state index in [1.165, 1.54) is 0 Å². The van der Waals surface area contributed by atoms with Gasteiger partial charge in [0.2, 0.25) is 0 Å². The van der Waals surface area contributed by atoms with Gasteiger partial charge in [0.05, 0.1) is 5.92 Å². The Labute approximate surface area is 102 Å². The zero-order valence-corrected chi connectivity index (χ0v) is 10.2. The summed E-state index contributed by atoms with van der Waals surface area (Å²) in [5, 5.41) is 14.3. The maximum atomic E-state index is 12.0. The molecular formula is C10H13N3O3S. The zero-order valence-electron chi connectivity index (χ0n) is 9.37. The van der Waals surface area contributed by atoms with Crippen LogP contribution in [0.4, 0.5) is 0 Å². The molecule has 92 valence electrons. The van der Waals surface area contributed by atoms with Gasteiger partial charge >= 0.3 is 5.97 Å². The average Bonchev–Trinajstić information content (AvgIpc) is 2.81. The van der Waals surface area contributed by atoms with Crippen LogP contribution in [-0.2, 0) is 4.79 Å². The lowest BCUT2D eigenvalue weighted by Gasteiger charge is -2.35. The van der Waals surface area contributed by atoms with Crippen LogP contribution >= 0.6 is 11.5 Å². The lowest BCUT2D eigenvalue weighted by Crippen LogP contribution is -2.46. The molecular weight excluding hydrogens is 242 g/mol. The van der Waals surface area contributed by atoms with Gasteiger partial charge in [-0.3, -0.25) is 9.59 Å². The minimum atomic E-state index is -0.778. The Morgan fingerprint density at radius 1 is 1.59 bits per heavy atom. The molecule has 1 fully saturated rings. The predicted molar refractivity (Wildman–Crippen MR) is 60.8 cm³/mol. The minimum Gasteiger partial charge on any atom is -0.481 e. The van der Waals surface area contributed by atoms with Crippen LogP contribution in [-0.4, -0.2) is 44.1 Å². The number of aliphatic carboxylic acids is 1. The molecule has 0 spiro atoms. The van der Waals surface area contributed by atoms with Crippen molar-refractivity contribution < 1.29 is 14.7 Å². The van der Waals surface area contributed by atoms with Crippen LogP contribution in [0.2, 0.25) is 0 Å². The highest BCUT2D eigenvalue weighted by Crippen LogP contribution is 2.24. The van der Waals surface area contributed by atoms with Crippen molar-refractivity contribution in [1.29, 1.82) is 0 Å². The summed E-state index contributed by atoms with van der Waals surface area (Å²) in [5.41, 5.74) is 0.343. The third-order valence-corrected chi connectivity index (χ3v) is 3.57. The van der Waals surface area contributed by atoms with Gasteiger partial charge < -0.3 is 10.0 Å². The van der Waals surface area contributed by atoms with E-state index in [4.69, 9.17) is 5.11 Å². The summed E-state index contributed by atoms with van der Waals surface area (Å²) in [6, 6.07) is -0.0703. The Kier molecular flexibility index (Phi) is 3.37. The molecule has 7 heteroatoms. The molecule has 1 saturated heterocycles. The van der Waals surface area contributed by atoms with Crippen molar-refractivity contribution in [1.82, 2.24) is 14.5 Å². The smallest absolute Gasteiger partial charge is 0.306 e. The van der Waals surface area contributed by atoms with Crippen LogP contribution in [0.25, 0.3) is 0 Å². The van der Waals surface area contributed by atoms with Crippen LogP contribution in [0, 0.1) is 5.92 Å². The monoisotopic (exact) mass is 255 g/mol. The van der Waals surface area contributed by atoms with Gasteiger partial charge in [-0.2, -0.15) is 0 Å². The third kappa shape index (κ3) is 2.44. The number of aromatic nitrogens is 2. The van der Waals surface area contributed by atoms with Gasteiger partial charge in [-0.15, -0.1) is 5.10 Å². The second-order valence-corrected chi connectivity index (χ2v) is 4.81. The maximum Gasteiger partial charge on any atom is 0.306 e. The molecule has 2 rings (SSSR count). The molecule has 1 aliphatic heterocycles. The fourth-order valence-electron chi connectivity index (χ4n) is 2.10. The number of hydrogen-bond acceptors (Lipinski definition) is 5. The first-order chi connectivity index (χ1) is 8.09. The van der Waals surface area contributed by atoms with E-state index >= 15 is 0 Å². The standard InChI is InChI=1S/C10H13N3O3S/c1-6-4-7(10(15)16)2-3-13(6)9(14)8-5-17-12-11-8/h5-7H,2-4H2,1H3,(H,15,16). The van der Waals surface area contributed by atoms with E-state index in [0.717, 1.165) is 11.5 Å². The van der Waals surface area contributed by atoms with Crippen molar-refractivity contribution in [2.75, 3.05) is 6.54 Å². The Hall–Kier alpha value is -1.50. The Balaban J connectivity index is 2.05. The van der Waals surface area contributed by atoms with E-state index in [2.05, 4.69) is 9.59 Å². The number of piperidine rings is 1. The molecule has 17 heavy (non-hydrogen) atoms. The van der Waals surface area contributed by atoms with Crippen LogP contribution < -0.4 is 0 Å². The lowest BCUT2D eigenvalue weighted by atomic mass is 9.91. The van der Waals surface area contributed by atoms with Gasteiger partial charge in [-0.05, 0) is 31.3 Å². The Morgan fingerprint density at radius 3 is 2.88 bits per heavy atom. The topological polar surface area (TPSA) is 83.4 Å². The molecule has 1 N–H and O–H groups in total. The molecule has 1 amide bonds. The first kappa shape index (κ1) is 12.0. The van der Waals surface area contributed by atoms with E-state index in [0.29, 0.717) is 25.1 Å². The van der Waals surface area contributed by atoms with Crippen LogP contribution in [0.3, 0.4) is 0 Å². The molecule has 1 aromatic heterocycles. The fraction of sp³-hybridized carbons (Fsp3) is 0.600. The second kappa shape index (κ2) is 4.79. The van der Waals surface area contributed by atoms with Crippen molar-refractivity contribution >= 4 is 23.4 Å². The summed E-state index contributed by atoms with van der Waals surface area (Å²) >= 11 is 1.14. The molecule has 2 atom stereocenters. The number of amides is 1. The summed E-state index contributed by atoms with van der Waals surface area (Å²) < 4.78 is 3.66. The van der Waals surface area contributed by atoms with Crippen molar-refractivity contribution in [3.8, 4) is 0 Å². The van der Waals surface area contributed by atoms with E-state index in [1.807, 2.05) is 6.92 Å². The van der Waals surface area contributed by atoms with Gasteiger partial charge in [0.1, 0.15) is 0 Å². The van der Waals surface area contributed by atoms with Crippen LogP contribution in [0.5, 0.6) is 0 Å². The highest BCUT2D eigenvalue weighted by Gasteiger charge is 2.33. The first-order valence-electron chi connectivity index (χ1n) is 5.40. The normalized spacial score (nSPS) is 24.6. The van der Waals surface area contributed by atoms with E-state index in [-0.39, 0.29) is 17.9 Å². The summed E-state index contributed by atoms with van der Waals surface area (Å²) in [7, 11) is 0. The highest BCUT2D eigenvalue weighted by atomic mass is 32.1. The second-order valence-electron chi connectivity index (χ2n) is 4.20. The van der Waals surface area contributed by atoms with Crippen LogP contribution in [0.15, 0.2) is 5.38 Å². The molecule has 0 aromatic carbocycles. The Morgan fingerprint density at radius 2 is 2.35 bits per heavy atom.